The Bertz CT molecular complexity index is 389. The van der Waals surface area contributed by atoms with Crippen molar-refractivity contribution in [3.63, 3.8) is 0 Å². The van der Waals surface area contributed by atoms with Crippen molar-refractivity contribution in [1.29, 1.82) is 0 Å². The van der Waals surface area contributed by atoms with Gasteiger partial charge in [-0.15, -0.1) is 11.8 Å². The fourth-order valence-corrected chi connectivity index (χ4v) is 2.67. The molecule has 1 unspecified atom stereocenters. The molecule has 1 atom stereocenters. The first-order valence-electron chi connectivity index (χ1n) is 6.43. The summed E-state index contributed by atoms with van der Waals surface area (Å²) in [6.07, 6.45) is 3.93. The van der Waals surface area contributed by atoms with Crippen LogP contribution >= 0.6 is 11.8 Å². The third-order valence-corrected chi connectivity index (χ3v) is 3.65. The molecule has 0 aliphatic rings. The summed E-state index contributed by atoms with van der Waals surface area (Å²) >= 11 is 1.61. The maximum atomic E-state index is 12.0. The SMILES string of the molecule is CCNC(C)(CCSc1ccncn1)C(=O)OCC. The Hall–Kier alpha value is -1.14. The number of nitrogens with zero attached hydrogens (tertiary/aromatic N) is 2. The molecule has 6 heteroatoms. The molecule has 19 heavy (non-hydrogen) atoms. The highest BCUT2D eigenvalue weighted by molar-refractivity contribution is 7.99. The van der Waals surface area contributed by atoms with Crippen LogP contribution in [0.2, 0.25) is 0 Å². The monoisotopic (exact) mass is 283 g/mol. The van der Waals surface area contributed by atoms with Crippen LogP contribution in [0.25, 0.3) is 0 Å². The number of thioether (sulfide) groups is 1. The Morgan fingerprint density at radius 3 is 2.89 bits per heavy atom. The molecule has 1 N–H and O–H groups in total. The molecule has 106 valence electrons. The van der Waals surface area contributed by atoms with Crippen LogP contribution in [0.5, 0.6) is 0 Å². The van der Waals surface area contributed by atoms with Crippen molar-refractivity contribution in [2.45, 2.75) is 37.8 Å². The highest BCUT2D eigenvalue weighted by Gasteiger charge is 2.33. The van der Waals surface area contributed by atoms with Crippen LogP contribution in [-0.4, -0.2) is 40.4 Å². The maximum Gasteiger partial charge on any atom is 0.326 e. The van der Waals surface area contributed by atoms with E-state index in [0.29, 0.717) is 13.0 Å². The van der Waals surface area contributed by atoms with Crippen molar-refractivity contribution in [3.05, 3.63) is 18.6 Å². The second-order valence-corrected chi connectivity index (χ2v) is 5.34. The van der Waals surface area contributed by atoms with Crippen molar-refractivity contribution >= 4 is 17.7 Å². The van der Waals surface area contributed by atoms with E-state index in [-0.39, 0.29) is 5.97 Å². The average Bonchev–Trinajstić information content (AvgIpc) is 2.40. The van der Waals surface area contributed by atoms with Crippen LogP contribution in [0.3, 0.4) is 0 Å². The minimum absolute atomic E-state index is 0.194. The number of carbonyl (C=O) groups is 1. The summed E-state index contributed by atoms with van der Waals surface area (Å²) in [7, 11) is 0. The molecule has 5 nitrogen and oxygen atoms in total. The number of ether oxygens (including phenoxy) is 1. The number of hydrogen-bond acceptors (Lipinski definition) is 6. The number of carbonyl (C=O) groups excluding carboxylic acids is 1. The van der Waals surface area contributed by atoms with Crippen molar-refractivity contribution in [2.24, 2.45) is 0 Å². The van der Waals surface area contributed by atoms with E-state index in [1.165, 1.54) is 6.33 Å². The Labute approximate surface area is 118 Å². The molecular formula is C13H21N3O2S. The molecule has 0 spiro atoms. The van der Waals surface area contributed by atoms with Gasteiger partial charge in [0.15, 0.2) is 0 Å². The predicted molar refractivity (Wildman–Crippen MR) is 76.1 cm³/mol. The van der Waals surface area contributed by atoms with Gasteiger partial charge >= 0.3 is 5.97 Å². The molecule has 1 aromatic rings. The quantitative estimate of drug-likeness (QED) is 0.446. The molecule has 0 radical (unpaired) electrons. The lowest BCUT2D eigenvalue weighted by atomic mass is 9.99. The van der Waals surface area contributed by atoms with Gasteiger partial charge in [-0.3, -0.25) is 4.79 Å². The first kappa shape index (κ1) is 15.9. The first-order chi connectivity index (χ1) is 9.12. The van der Waals surface area contributed by atoms with E-state index in [1.807, 2.05) is 26.8 Å². The van der Waals surface area contributed by atoms with E-state index < -0.39 is 5.54 Å². The van der Waals surface area contributed by atoms with E-state index in [0.717, 1.165) is 17.3 Å². The molecule has 1 aromatic heterocycles. The summed E-state index contributed by atoms with van der Waals surface area (Å²) < 4.78 is 5.13. The second-order valence-electron chi connectivity index (χ2n) is 4.23. The third-order valence-electron chi connectivity index (χ3n) is 2.70. The molecule has 0 aliphatic heterocycles. The number of likely N-dealkylation sites (N-methyl/N-ethyl adjacent to an activating group) is 1. The van der Waals surface area contributed by atoms with E-state index in [2.05, 4.69) is 15.3 Å². The molecule has 0 bridgehead atoms. The first-order valence-corrected chi connectivity index (χ1v) is 7.42. The molecule has 0 aliphatic carbocycles. The number of hydrogen-bond donors (Lipinski definition) is 1. The molecular weight excluding hydrogens is 262 g/mol. The summed E-state index contributed by atoms with van der Waals surface area (Å²) in [4.78, 5) is 20.0. The molecule has 1 heterocycles. The lowest BCUT2D eigenvalue weighted by Gasteiger charge is -2.27. The summed E-state index contributed by atoms with van der Waals surface area (Å²) in [6.45, 7) is 6.82. The maximum absolute atomic E-state index is 12.0. The van der Waals surface area contributed by atoms with Crippen molar-refractivity contribution < 1.29 is 9.53 Å². The normalized spacial score (nSPS) is 13.8. The fourth-order valence-electron chi connectivity index (χ4n) is 1.67. The Kier molecular flexibility index (Phi) is 6.80. The van der Waals surface area contributed by atoms with E-state index in [4.69, 9.17) is 4.74 Å². The van der Waals surface area contributed by atoms with Crippen LogP contribution in [0, 0.1) is 0 Å². The molecule has 1 rings (SSSR count). The van der Waals surface area contributed by atoms with Gasteiger partial charge in [0.05, 0.1) is 11.6 Å². The van der Waals surface area contributed by atoms with Crippen molar-refractivity contribution in [2.75, 3.05) is 18.9 Å². The van der Waals surface area contributed by atoms with E-state index >= 15 is 0 Å². The molecule has 0 saturated heterocycles. The zero-order valence-corrected chi connectivity index (χ0v) is 12.5. The van der Waals surface area contributed by atoms with Crippen LogP contribution in [0.15, 0.2) is 23.6 Å². The van der Waals surface area contributed by atoms with Gasteiger partial charge in [0.2, 0.25) is 0 Å². The van der Waals surface area contributed by atoms with Crippen LogP contribution in [0.4, 0.5) is 0 Å². The molecule has 0 amide bonds. The predicted octanol–water partition coefficient (Wildman–Crippen LogP) is 1.89. The average molecular weight is 283 g/mol. The summed E-state index contributed by atoms with van der Waals surface area (Å²) in [5, 5.41) is 4.12. The van der Waals surface area contributed by atoms with Gasteiger partial charge in [0.1, 0.15) is 11.9 Å². The summed E-state index contributed by atoms with van der Waals surface area (Å²) in [5.74, 6) is 0.597. The Balaban J connectivity index is 2.51. The summed E-state index contributed by atoms with van der Waals surface area (Å²) in [6, 6.07) is 1.86. The smallest absolute Gasteiger partial charge is 0.326 e. The highest BCUT2D eigenvalue weighted by Crippen LogP contribution is 2.20. The van der Waals surface area contributed by atoms with Gasteiger partial charge in [0, 0.05) is 11.9 Å². The fraction of sp³-hybridized carbons (Fsp3) is 0.615. The van der Waals surface area contributed by atoms with Gasteiger partial charge < -0.3 is 10.1 Å². The standard InChI is InChI=1S/C13H21N3O2S/c1-4-16-13(3,12(17)18-5-2)7-9-19-11-6-8-14-10-15-11/h6,8,10,16H,4-5,7,9H2,1-3H3. The molecule has 0 aromatic carbocycles. The highest BCUT2D eigenvalue weighted by atomic mass is 32.2. The second kappa shape index (κ2) is 8.12. The number of nitrogens with one attached hydrogen (secondary N) is 1. The number of rotatable bonds is 8. The topological polar surface area (TPSA) is 64.1 Å². The van der Waals surface area contributed by atoms with Gasteiger partial charge in [-0.1, -0.05) is 6.92 Å². The third kappa shape index (κ3) is 5.16. The minimum atomic E-state index is -0.634. The Morgan fingerprint density at radius 1 is 1.53 bits per heavy atom. The lowest BCUT2D eigenvalue weighted by Crippen LogP contribution is -2.50. The Morgan fingerprint density at radius 2 is 2.32 bits per heavy atom. The van der Waals surface area contributed by atoms with E-state index in [1.54, 1.807) is 18.0 Å². The van der Waals surface area contributed by atoms with Crippen LogP contribution < -0.4 is 5.32 Å². The van der Waals surface area contributed by atoms with Crippen molar-refractivity contribution in [3.8, 4) is 0 Å². The van der Waals surface area contributed by atoms with Crippen LogP contribution in [0.1, 0.15) is 27.2 Å². The van der Waals surface area contributed by atoms with Gasteiger partial charge in [-0.2, -0.15) is 0 Å². The van der Waals surface area contributed by atoms with Gasteiger partial charge in [-0.05, 0) is 32.9 Å². The number of esters is 1. The summed E-state index contributed by atoms with van der Waals surface area (Å²) in [5.41, 5.74) is -0.634. The van der Waals surface area contributed by atoms with Crippen LogP contribution in [-0.2, 0) is 9.53 Å². The van der Waals surface area contributed by atoms with Gasteiger partial charge in [-0.25, -0.2) is 9.97 Å². The number of aromatic nitrogens is 2. The molecule has 0 fully saturated rings. The molecule has 0 saturated carbocycles. The zero-order valence-electron chi connectivity index (χ0n) is 11.7. The largest absolute Gasteiger partial charge is 0.465 e. The minimum Gasteiger partial charge on any atom is -0.465 e. The van der Waals surface area contributed by atoms with Gasteiger partial charge in [0.25, 0.3) is 0 Å². The lowest BCUT2D eigenvalue weighted by molar-refractivity contribution is -0.150. The van der Waals surface area contributed by atoms with E-state index in [9.17, 15) is 4.79 Å². The van der Waals surface area contributed by atoms with Crippen molar-refractivity contribution in [1.82, 2.24) is 15.3 Å². The zero-order chi connectivity index (χ0) is 14.1.